The molecule has 0 fully saturated rings. The number of rotatable bonds is 8. The highest BCUT2D eigenvalue weighted by Gasteiger charge is 2.15. The summed E-state index contributed by atoms with van der Waals surface area (Å²) in [7, 11) is 5.47. The number of anilines is 2. The zero-order chi connectivity index (χ0) is 23.3. The molecule has 0 saturated heterocycles. The van der Waals surface area contributed by atoms with Gasteiger partial charge in [0.2, 0.25) is 0 Å². The summed E-state index contributed by atoms with van der Waals surface area (Å²) in [6.45, 7) is 5.25. The molecule has 0 spiro atoms. The number of amides is 1. The van der Waals surface area contributed by atoms with E-state index in [1.807, 2.05) is 51.0 Å². The first-order chi connectivity index (χ1) is 15.3. The fourth-order valence-electron chi connectivity index (χ4n) is 3.05. The number of aromatic nitrogens is 2. The van der Waals surface area contributed by atoms with Crippen LogP contribution in [0.2, 0.25) is 0 Å². The van der Waals surface area contributed by atoms with E-state index in [0.29, 0.717) is 29.3 Å². The van der Waals surface area contributed by atoms with Crippen molar-refractivity contribution >= 4 is 17.3 Å². The first kappa shape index (κ1) is 23.0. The van der Waals surface area contributed by atoms with E-state index >= 15 is 0 Å². The van der Waals surface area contributed by atoms with Crippen molar-refractivity contribution < 1.29 is 9.53 Å². The van der Waals surface area contributed by atoms with Gasteiger partial charge in [-0.3, -0.25) is 9.59 Å². The van der Waals surface area contributed by atoms with E-state index < -0.39 is 0 Å². The van der Waals surface area contributed by atoms with E-state index in [0.717, 1.165) is 17.7 Å². The normalized spacial score (nSPS) is 10.8. The highest BCUT2D eigenvalue weighted by Crippen LogP contribution is 2.31. The molecule has 1 aromatic heterocycles. The Morgan fingerprint density at radius 1 is 1.12 bits per heavy atom. The zero-order valence-corrected chi connectivity index (χ0v) is 19.1. The minimum Gasteiger partial charge on any atom is -0.453 e. The van der Waals surface area contributed by atoms with E-state index in [4.69, 9.17) is 4.74 Å². The molecule has 0 unspecified atom stereocenters. The molecule has 3 aromatic rings. The number of nitrogens with zero attached hydrogens (tertiary/aromatic N) is 3. The molecular formula is C24H29N5O3. The van der Waals surface area contributed by atoms with E-state index in [2.05, 4.69) is 15.7 Å². The molecule has 1 heterocycles. The van der Waals surface area contributed by atoms with Gasteiger partial charge < -0.3 is 20.3 Å². The van der Waals surface area contributed by atoms with Crippen molar-refractivity contribution in [2.75, 3.05) is 32.5 Å². The van der Waals surface area contributed by atoms with Crippen molar-refractivity contribution in [1.29, 1.82) is 0 Å². The summed E-state index contributed by atoms with van der Waals surface area (Å²) in [5.41, 5.74) is 3.07. The molecule has 0 aliphatic rings. The molecular weight excluding hydrogens is 406 g/mol. The predicted molar refractivity (Wildman–Crippen MR) is 126 cm³/mol. The lowest BCUT2D eigenvalue weighted by atomic mass is 10.1. The van der Waals surface area contributed by atoms with Crippen LogP contribution in [0.4, 0.5) is 11.4 Å². The van der Waals surface area contributed by atoms with Crippen LogP contribution in [0.5, 0.6) is 11.5 Å². The van der Waals surface area contributed by atoms with E-state index in [-0.39, 0.29) is 17.2 Å². The first-order valence-electron chi connectivity index (χ1n) is 10.4. The monoisotopic (exact) mass is 435 g/mol. The fourth-order valence-corrected chi connectivity index (χ4v) is 3.05. The van der Waals surface area contributed by atoms with Crippen molar-refractivity contribution in [3.63, 3.8) is 0 Å². The third-order valence-corrected chi connectivity index (χ3v) is 5.12. The largest absolute Gasteiger partial charge is 0.453 e. The lowest BCUT2D eigenvalue weighted by Crippen LogP contribution is -2.31. The van der Waals surface area contributed by atoms with E-state index in [1.165, 1.54) is 10.9 Å². The number of likely N-dealkylation sites (N-methyl/N-ethyl adjacent to an activating group) is 1. The average molecular weight is 436 g/mol. The van der Waals surface area contributed by atoms with Crippen LogP contribution in [0.3, 0.4) is 0 Å². The number of nitrogens with one attached hydrogen (secondary N) is 2. The lowest BCUT2D eigenvalue weighted by molar-refractivity contribution is 0.0951. The van der Waals surface area contributed by atoms with Crippen molar-refractivity contribution in [2.45, 2.75) is 13.8 Å². The van der Waals surface area contributed by atoms with Crippen molar-refractivity contribution in [3.05, 3.63) is 75.7 Å². The Labute approximate surface area is 187 Å². The highest BCUT2D eigenvalue weighted by molar-refractivity contribution is 5.95. The fraction of sp³-hybridized carbons (Fsp3) is 0.292. The smallest absolute Gasteiger partial charge is 0.294 e. The highest BCUT2D eigenvalue weighted by atomic mass is 16.5. The lowest BCUT2D eigenvalue weighted by Gasteiger charge is -2.15. The second-order valence-corrected chi connectivity index (χ2v) is 7.88. The summed E-state index contributed by atoms with van der Waals surface area (Å²) in [5.74, 6) is 0.782. The Morgan fingerprint density at radius 3 is 2.62 bits per heavy atom. The van der Waals surface area contributed by atoms with Gasteiger partial charge in [0.25, 0.3) is 11.5 Å². The number of carbonyl (C=O) groups is 1. The molecule has 0 atom stereocenters. The number of ether oxygens (including phenoxy) is 1. The number of benzene rings is 2. The summed E-state index contributed by atoms with van der Waals surface area (Å²) >= 11 is 0. The molecule has 2 aromatic carbocycles. The zero-order valence-electron chi connectivity index (χ0n) is 19.1. The molecule has 0 bridgehead atoms. The number of hydrogen-bond donors (Lipinski definition) is 2. The molecule has 0 aliphatic heterocycles. The Hall–Kier alpha value is -3.65. The summed E-state index contributed by atoms with van der Waals surface area (Å²) in [6, 6.07) is 12.7. The molecule has 0 saturated carbocycles. The Balaban J connectivity index is 1.87. The maximum absolute atomic E-state index is 12.8. The van der Waals surface area contributed by atoms with Crippen LogP contribution in [0.25, 0.3) is 0 Å². The quantitative estimate of drug-likeness (QED) is 0.565. The van der Waals surface area contributed by atoms with Gasteiger partial charge >= 0.3 is 0 Å². The summed E-state index contributed by atoms with van der Waals surface area (Å²) in [6.07, 6.45) is 1.50. The van der Waals surface area contributed by atoms with Gasteiger partial charge in [-0.25, -0.2) is 4.68 Å². The van der Waals surface area contributed by atoms with Crippen LogP contribution in [0.1, 0.15) is 21.5 Å². The Bertz CT molecular complexity index is 1170. The van der Waals surface area contributed by atoms with E-state index in [9.17, 15) is 9.59 Å². The maximum Gasteiger partial charge on any atom is 0.294 e. The first-order valence-corrected chi connectivity index (χ1v) is 10.4. The van der Waals surface area contributed by atoms with Gasteiger partial charge in [-0.05, 0) is 63.3 Å². The van der Waals surface area contributed by atoms with Crippen LogP contribution in [0, 0.1) is 13.8 Å². The molecule has 168 valence electrons. The molecule has 32 heavy (non-hydrogen) atoms. The minimum atomic E-state index is -0.339. The van der Waals surface area contributed by atoms with Gasteiger partial charge in [0.1, 0.15) is 5.75 Å². The second-order valence-electron chi connectivity index (χ2n) is 7.88. The molecule has 1 amide bonds. The number of carbonyl (C=O) groups excluding carboxylic acids is 1. The third kappa shape index (κ3) is 5.53. The van der Waals surface area contributed by atoms with Crippen molar-refractivity contribution in [2.24, 2.45) is 7.05 Å². The maximum atomic E-state index is 12.8. The molecule has 3 rings (SSSR count). The SMILES string of the molecule is Cc1cccc(Oc2cnn(C)c(=O)c2Nc2cccc(C(=O)NCCN(C)C)c2)c1C. The van der Waals surface area contributed by atoms with Crippen LogP contribution in [-0.4, -0.2) is 47.8 Å². The Kier molecular flexibility index (Phi) is 7.27. The predicted octanol–water partition coefficient (Wildman–Crippen LogP) is 3.22. The number of hydrogen-bond acceptors (Lipinski definition) is 6. The average Bonchev–Trinajstić information content (AvgIpc) is 2.76. The Morgan fingerprint density at radius 2 is 1.88 bits per heavy atom. The number of aryl methyl sites for hydroxylation is 2. The molecule has 0 aliphatic carbocycles. The van der Waals surface area contributed by atoms with Crippen LogP contribution < -0.4 is 20.9 Å². The van der Waals surface area contributed by atoms with E-state index in [1.54, 1.807) is 31.3 Å². The molecule has 8 heteroatoms. The van der Waals surface area contributed by atoms with Gasteiger partial charge in [-0.1, -0.05) is 18.2 Å². The van der Waals surface area contributed by atoms with Crippen LogP contribution in [-0.2, 0) is 7.05 Å². The molecule has 2 N–H and O–H groups in total. The van der Waals surface area contributed by atoms with Gasteiger partial charge in [0, 0.05) is 31.4 Å². The molecule has 8 nitrogen and oxygen atoms in total. The van der Waals surface area contributed by atoms with Crippen molar-refractivity contribution in [3.8, 4) is 11.5 Å². The topological polar surface area (TPSA) is 88.5 Å². The molecule has 0 radical (unpaired) electrons. The van der Waals surface area contributed by atoms with Crippen molar-refractivity contribution in [1.82, 2.24) is 20.0 Å². The second kappa shape index (κ2) is 10.1. The standard InChI is InChI=1S/C24H29N5O3/c1-16-8-6-11-20(17(16)2)32-21-15-26-29(5)24(31)22(21)27-19-10-7-9-18(14-19)23(30)25-12-13-28(3)4/h6-11,14-15,27H,12-13H2,1-5H3,(H,25,30). The van der Waals surface area contributed by atoms with Crippen LogP contribution >= 0.6 is 0 Å². The van der Waals surface area contributed by atoms with Gasteiger partial charge in [-0.2, -0.15) is 5.10 Å². The summed E-state index contributed by atoms with van der Waals surface area (Å²) < 4.78 is 7.29. The third-order valence-electron chi connectivity index (χ3n) is 5.12. The van der Waals surface area contributed by atoms with Gasteiger partial charge in [-0.15, -0.1) is 0 Å². The van der Waals surface area contributed by atoms with Gasteiger partial charge in [0.05, 0.1) is 6.20 Å². The van der Waals surface area contributed by atoms with Crippen LogP contribution in [0.15, 0.2) is 53.5 Å². The minimum absolute atomic E-state index is 0.176. The van der Waals surface area contributed by atoms with Gasteiger partial charge in [0.15, 0.2) is 11.4 Å². The summed E-state index contributed by atoms with van der Waals surface area (Å²) in [5, 5.41) is 10.1. The summed E-state index contributed by atoms with van der Waals surface area (Å²) in [4.78, 5) is 27.3.